The number of ether oxygens (including phenoxy) is 2. The zero-order valence-electron chi connectivity index (χ0n) is 21.4. The van der Waals surface area contributed by atoms with E-state index in [4.69, 9.17) is 9.47 Å². The highest BCUT2D eigenvalue weighted by atomic mass is 35.5. The molecule has 3 N–H and O–H groups in total. The van der Waals surface area contributed by atoms with Crippen LogP contribution in [0.5, 0.6) is 11.5 Å². The molecule has 0 aromatic heterocycles. The molecule has 7 nitrogen and oxygen atoms in total. The number of amides is 1. The molecule has 4 aliphatic heterocycles. The molecule has 9 rings (SSSR count). The Bertz CT molecular complexity index is 1290. The van der Waals surface area contributed by atoms with Gasteiger partial charge in [-0.25, -0.2) is 0 Å². The van der Waals surface area contributed by atoms with Gasteiger partial charge in [-0.2, -0.15) is 0 Å². The van der Waals surface area contributed by atoms with Crippen LogP contribution in [0.4, 0.5) is 0 Å². The number of aromatic hydroxyl groups is 1. The fourth-order valence-corrected chi connectivity index (χ4v) is 8.67. The van der Waals surface area contributed by atoms with Crippen LogP contribution in [0, 0.1) is 5.92 Å². The number of carbonyl (C=O) groups excluding carboxylic acids is 1. The summed E-state index contributed by atoms with van der Waals surface area (Å²) in [6.07, 6.45) is 4.43. The Morgan fingerprint density at radius 1 is 1.11 bits per heavy atom. The molecule has 2 spiro atoms. The van der Waals surface area contributed by atoms with Crippen molar-refractivity contribution in [2.45, 2.75) is 79.8 Å². The first-order chi connectivity index (χ1) is 18.0. The van der Waals surface area contributed by atoms with Crippen molar-refractivity contribution in [2.75, 3.05) is 19.6 Å². The lowest BCUT2D eigenvalue weighted by atomic mass is 9.44. The van der Waals surface area contributed by atoms with Gasteiger partial charge in [0.15, 0.2) is 17.6 Å². The smallest absolute Gasteiger partial charge is 0.252 e. The Hall–Kier alpha value is -2.32. The number of rotatable bonds is 6. The molecule has 6 atom stereocenters. The highest BCUT2D eigenvalue weighted by Gasteiger charge is 2.82. The lowest BCUT2D eigenvalue weighted by Gasteiger charge is -2.72. The number of nitrogens with zero attached hydrogens (tertiary/aromatic N) is 1. The molecule has 202 valence electrons. The maximum absolute atomic E-state index is 13.7. The molecule has 2 saturated carbocycles. The fraction of sp³-hybridized carbons (Fsp3) is 0.567. The van der Waals surface area contributed by atoms with Crippen molar-refractivity contribution >= 4 is 18.3 Å². The number of halogens is 1. The standard InChI is InChI=1S/C30H34N2O5.ClH/c33-21-9-8-20-16-22-30-12-11-29(35,25(37-30)26(34)31-14-10-18-4-2-1-3-5-18)27-28(30,23(20)24(21)36-27)13-15-32(22)17-19-6-7-19;/h1-5,8-9,19,22,25,27,33,35H,6-7,10-17H2,(H,31,34);1H/t22?,25-,27?,28?,29?,30?;/m1./s1. The zero-order valence-corrected chi connectivity index (χ0v) is 22.2. The van der Waals surface area contributed by atoms with Gasteiger partial charge in [0.2, 0.25) is 0 Å². The molecule has 7 aliphatic rings. The van der Waals surface area contributed by atoms with Gasteiger partial charge in [-0.05, 0) is 74.6 Å². The lowest BCUT2D eigenvalue weighted by Crippen LogP contribution is -2.87. The van der Waals surface area contributed by atoms with Crippen LogP contribution in [0.25, 0.3) is 0 Å². The molecular formula is C30H35ClN2O5. The number of nitrogens with one attached hydrogen (secondary N) is 1. The number of fused-ring (bicyclic) bond motifs is 2. The highest BCUT2D eigenvalue weighted by Crippen LogP contribution is 2.71. The number of hydrogen-bond donors (Lipinski definition) is 3. The highest BCUT2D eigenvalue weighted by molar-refractivity contribution is 5.85. The van der Waals surface area contributed by atoms with Gasteiger partial charge in [-0.15, -0.1) is 12.4 Å². The predicted molar refractivity (Wildman–Crippen MR) is 143 cm³/mol. The van der Waals surface area contributed by atoms with Gasteiger partial charge in [-0.1, -0.05) is 36.4 Å². The summed E-state index contributed by atoms with van der Waals surface area (Å²) < 4.78 is 13.5. The number of aliphatic hydroxyl groups is 1. The van der Waals surface area contributed by atoms with Crippen LogP contribution < -0.4 is 10.1 Å². The summed E-state index contributed by atoms with van der Waals surface area (Å²) in [5, 5.41) is 26.1. The van der Waals surface area contributed by atoms with E-state index in [0.717, 1.165) is 43.0 Å². The molecule has 8 heteroatoms. The summed E-state index contributed by atoms with van der Waals surface area (Å²) in [7, 11) is 0. The third-order valence-corrected chi connectivity index (χ3v) is 10.4. The second kappa shape index (κ2) is 8.34. The van der Waals surface area contributed by atoms with E-state index < -0.39 is 28.8 Å². The van der Waals surface area contributed by atoms with Crippen LogP contribution in [-0.2, 0) is 27.8 Å². The van der Waals surface area contributed by atoms with Gasteiger partial charge in [0.25, 0.3) is 5.91 Å². The Labute approximate surface area is 228 Å². The number of phenols is 1. The monoisotopic (exact) mass is 538 g/mol. The van der Waals surface area contributed by atoms with Gasteiger partial charge in [0, 0.05) is 24.7 Å². The van der Waals surface area contributed by atoms with Crippen molar-refractivity contribution in [3.05, 3.63) is 59.2 Å². The van der Waals surface area contributed by atoms with Gasteiger partial charge in [0.05, 0.1) is 11.0 Å². The van der Waals surface area contributed by atoms with Crippen LogP contribution in [0.1, 0.15) is 48.8 Å². The minimum absolute atomic E-state index is 0. The first-order valence-electron chi connectivity index (χ1n) is 13.9. The van der Waals surface area contributed by atoms with Crippen molar-refractivity contribution in [3.8, 4) is 11.5 Å². The number of hydrogen-bond acceptors (Lipinski definition) is 6. The van der Waals surface area contributed by atoms with Crippen LogP contribution >= 0.6 is 12.4 Å². The molecule has 4 heterocycles. The van der Waals surface area contributed by atoms with Crippen molar-refractivity contribution in [3.63, 3.8) is 0 Å². The number of likely N-dealkylation sites (tertiary alicyclic amines) is 1. The number of carbonyl (C=O) groups is 1. The number of phenolic OH excluding ortho intramolecular Hbond substituents is 1. The van der Waals surface area contributed by atoms with E-state index in [1.54, 1.807) is 6.07 Å². The minimum atomic E-state index is -1.46. The van der Waals surface area contributed by atoms with Crippen LogP contribution in [-0.4, -0.2) is 70.1 Å². The fourth-order valence-electron chi connectivity index (χ4n) is 8.67. The van der Waals surface area contributed by atoms with Crippen LogP contribution in [0.3, 0.4) is 0 Å². The molecule has 2 aromatic rings. The predicted octanol–water partition coefficient (Wildman–Crippen LogP) is 2.87. The Balaban J connectivity index is 0.00000242. The molecule has 1 amide bonds. The van der Waals surface area contributed by atoms with E-state index in [0.29, 0.717) is 31.6 Å². The molecule has 38 heavy (non-hydrogen) atoms. The molecule has 4 bridgehead atoms. The quantitative estimate of drug-likeness (QED) is 0.524. The van der Waals surface area contributed by atoms with Gasteiger partial charge < -0.3 is 25.0 Å². The van der Waals surface area contributed by atoms with Crippen molar-refractivity contribution < 1.29 is 24.5 Å². The van der Waals surface area contributed by atoms with Crippen molar-refractivity contribution in [2.24, 2.45) is 5.92 Å². The molecular weight excluding hydrogens is 504 g/mol. The first-order valence-corrected chi connectivity index (χ1v) is 13.9. The molecule has 0 radical (unpaired) electrons. The summed E-state index contributed by atoms with van der Waals surface area (Å²) in [6, 6.07) is 13.9. The Kier molecular flexibility index (Phi) is 5.42. The summed E-state index contributed by atoms with van der Waals surface area (Å²) >= 11 is 0. The van der Waals surface area contributed by atoms with E-state index in [-0.39, 0.29) is 30.1 Å². The average molecular weight is 539 g/mol. The van der Waals surface area contributed by atoms with E-state index >= 15 is 0 Å². The molecule has 3 saturated heterocycles. The third kappa shape index (κ3) is 3.05. The Morgan fingerprint density at radius 3 is 2.71 bits per heavy atom. The van der Waals surface area contributed by atoms with Gasteiger partial charge in [-0.3, -0.25) is 9.69 Å². The van der Waals surface area contributed by atoms with E-state index in [1.165, 1.54) is 18.4 Å². The van der Waals surface area contributed by atoms with Crippen LogP contribution in [0.2, 0.25) is 0 Å². The second-order valence-corrected chi connectivity index (χ2v) is 12.2. The van der Waals surface area contributed by atoms with Crippen molar-refractivity contribution in [1.82, 2.24) is 10.2 Å². The SMILES string of the molecule is Cl.O=C(NCCc1ccccc1)[C@H]1OC23CCC1(O)C1Oc4c(O)ccc5c4C12CCN(CC1CC1)C3C5. The van der Waals surface area contributed by atoms with Gasteiger partial charge in [0.1, 0.15) is 11.7 Å². The van der Waals surface area contributed by atoms with Crippen LogP contribution in [0.15, 0.2) is 42.5 Å². The van der Waals surface area contributed by atoms with E-state index in [2.05, 4.69) is 10.2 Å². The largest absolute Gasteiger partial charge is 0.504 e. The summed E-state index contributed by atoms with van der Waals surface area (Å²) in [4.78, 5) is 16.3. The van der Waals surface area contributed by atoms with Crippen molar-refractivity contribution in [1.29, 1.82) is 0 Å². The molecule has 2 aromatic carbocycles. The first kappa shape index (κ1) is 24.7. The Morgan fingerprint density at radius 2 is 1.92 bits per heavy atom. The molecule has 3 aliphatic carbocycles. The second-order valence-electron chi connectivity index (χ2n) is 12.2. The number of piperidine rings is 1. The zero-order chi connectivity index (χ0) is 25.0. The molecule has 5 fully saturated rings. The average Bonchev–Trinajstić information content (AvgIpc) is 3.64. The summed E-state index contributed by atoms with van der Waals surface area (Å²) in [6.45, 7) is 2.46. The molecule has 5 unspecified atom stereocenters. The third-order valence-electron chi connectivity index (χ3n) is 10.4. The van der Waals surface area contributed by atoms with E-state index in [9.17, 15) is 15.0 Å². The maximum Gasteiger partial charge on any atom is 0.252 e. The topological polar surface area (TPSA) is 91.3 Å². The van der Waals surface area contributed by atoms with Gasteiger partial charge >= 0.3 is 0 Å². The summed E-state index contributed by atoms with van der Waals surface area (Å²) in [5.41, 5.74) is 0.744. The normalized spacial score (nSPS) is 37.7. The summed E-state index contributed by atoms with van der Waals surface area (Å²) in [5.74, 6) is 1.09. The minimum Gasteiger partial charge on any atom is -0.504 e. The maximum atomic E-state index is 13.7. The van der Waals surface area contributed by atoms with E-state index in [1.807, 2.05) is 36.4 Å². The number of benzene rings is 2. The lowest BCUT2D eigenvalue weighted by molar-refractivity contribution is -0.345.